The summed E-state index contributed by atoms with van der Waals surface area (Å²) < 4.78 is 13.5. The Bertz CT molecular complexity index is 704. The molecule has 1 aromatic heterocycles. The van der Waals surface area contributed by atoms with Gasteiger partial charge in [0.1, 0.15) is 5.82 Å². The van der Waals surface area contributed by atoms with Crippen LogP contribution < -0.4 is 10.6 Å². The van der Waals surface area contributed by atoms with Gasteiger partial charge in [0.15, 0.2) is 0 Å². The maximum absolute atomic E-state index is 13.5. The summed E-state index contributed by atoms with van der Waals surface area (Å²) in [5.41, 5.74) is 0.860. The molecule has 7 heteroatoms. The van der Waals surface area contributed by atoms with Crippen LogP contribution in [-0.4, -0.2) is 22.1 Å². The normalized spacial score (nSPS) is 10.0. The van der Waals surface area contributed by atoms with Crippen molar-refractivity contribution in [2.24, 2.45) is 0 Å². The van der Waals surface area contributed by atoms with Crippen LogP contribution in [0.25, 0.3) is 0 Å². The van der Waals surface area contributed by atoms with Crippen molar-refractivity contribution in [3.63, 3.8) is 0 Å². The molecule has 0 aliphatic rings. The average Bonchev–Trinajstić information content (AvgIpc) is 2.41. The first kappa shape index (κ1) is 14.4. The SMILES string of the molecule is Cc1ncccc1NC(=O)Nc1ccc(C(=O)O)c(F)c1. The van der Waals surface area contributed by atoms with Gasteiger partial charge >= 0.3 is 12.0 Å². The first-order valence-corrected chi connectivity index (χ1v) is 6.00. The fraction of sp³-hybridized carbons (Fsp3) is 0.0714. The van der Waals surface area contributed by atoms with E-state index in [9.17, 15) is 14.0 Å². The molecule has 0 saturated heterocycles. The molecule has 0 radical (unpaired) electrons. The number of nitrogens with zero attached hydrogens (tertiary/aromatic N) is 1. The zero-order valence-electron chi connectivity index (χ0n) is 11.1. The second-order valence-corrected chi connectivity index (χ2v) is 4.22. The van der Waals surface area contributed by atoms with E-state index in [4.69, 9.17) is 5.11 Å². The minimum Gasteiger partial charge on any atom is -0.478 e. The van der Waals surface area contributed by atoms with Crippen molar-refractivity contribution in [1.82, 2.24) is 4.98 Å². The number of rotatable bonds is 3. The zero-order valence-corrected chi connectivity index (χ0v) is 11.1. The fourth-order valence-electron chi connectivity index (χ4n) is 1.67. The van der Waals surface area contributed by atoms with Gasteiger partial charge in [-0.05, 0) is 37.3 Å². The molecule has 2 aromatic rings. The molecular weight excluding hydrogens is 277 g/mol. The minimum atomic E-state index is -1.37. The van der Waals surface area contributed by atoms with Crippen LogP contribution in [0.4, 0.5) is 20.6 Å². The van der Waals surface area contributed by atoms with Crippen LogP contribution in [0, 0.1) is 12.7 Å². The molecule has 0 spiro atoms. The van der Waals surface area contributed by atoms with Gasteiger partial charge in [0.05, 0.1) is 16.9 Å². The lowest BCUT2D eigenvalue weighted by Crippen LogP contribution is -2.20. The number of pyridine rings is 1. The second kappa shape index (κ2) is 6.00. The van der Waals surface area contributed by atoms with Crippen molar-refractivity contribution in [2.45, 2.75) is 6.92 Å². The Morgan fingerprint density at radius 1 is 1.24 bits per heavy atom. The fourth-order valence-corrected chi connectivity index (χ4v) is 1.67. The van der Waals surface area contributed by atoms with Gasteiger partial charge in [0.2, 0.25) is 0 Å². The molecule has 0 unspecified atom stereocenters. The van der Waals surface area contributed by atoms with E-state index in [-0.39, 0.29) is 5.69 Å². The number of urea groups is 1. The van der Waals surface area contributed by atoms with Gasteiger partial charge in [0.25, 0.3) is 0 Å². The third-order valence-electron chi connectivity index (χ3n) is 2.71. The lowest BCUT2D eigenvalue weighted by Gasteiger charge is -2.09. The number of halogens is 1. The van der Waals surface area contributed by atoms with Crippen molar-refractivity contribution >= 4 is 23.4 Å². The topological polar surface area (TPSA) is 91.3 Å². The molecule has 0 atom stereocenters. The molecule has 2 rings (SSSR count). The molecule has 0 saturated carbocycles. The predicted octanol–water partition coefficient (Wildman–Crippen LogP) is 2.87. The smallest absolute Gasteiger partial charge is 0.338 e. The third kappa shape index (κ3) is 3.53. The summed E-state index contributed by atoms with van der Waals surface area (Å²) in [6.07, 6.45) is 1.60. The van der Waals surface area contributed by atoms with Gasteiger partial charge < -0.3 is 15.7 Å². The second-order valence-electron chi connectivity index (χ2n) is 4.22. The van der Waals surface area contributed by atoms with Gasteiger partial charge in [-0.2, -0.15) is 0 Å². The lowest BCUT2D eigenvalue weighted by atomic mass is 10.2. The molecular formula is C14H12FN3O3. The summed E-state index contributed by atoms with van der Waals surface area (Å²) >= 11 is 0. The third-order valence-corrected chi connectivity index (χ3v) is 2.71. The Kier molecular flexibility index (Phi) is 4.13. The number of carboxylic acids is 1. The highest BCUT2D eigenvalue weighted by molar-refractivity contribution is 6.00. The highest BCUT2D eigenvalue weighted by Gasteiger charge is 2.12. The molecule has 1 aromatic carbocycles. The van der Waals surface area contributed by atoms with Crippen LogP contribution in [-0.2, 0) is 0 Å². The van der Waals surface area contributed by atoms with E-state index in [1.807, 2.05) is 0 Å². The number of amides is 2. The number of anilines is 2. The highest BCUT2D eigenvalue weighted by Crippen LogP contribution is 2.16. The maximum atomic E-state index is 13.5. The Morgan fingerprint density at radius 2 is 2.00 bits per heavy atom. The molecule has 0 aliphatic heterocycles. The summed E-state index contributed by atoms with van der Waals surface area (Å²) in [4.78, 5) is 26.5. The number of hydrogen-bond acceptors (Lipinski definition) is 3. The number of aromatic nitrogens is 1. The van der Waals surface area contributed by atoms with E-state index in [1.165, 1.54) is 6.07 Å². The summed E-state index contributed by atoms with van der Waals surface area (Å²) in [5, 5.41) is 13.7. The van der Waals surface area contributed by atoms with E-state index in [0.717, 1.165) is 12.1 Å². The molecule has 2 amide bonds. The van der Waals surface area contributed by atoms with Crippen molar-refractivity contribution < 1.29 is 19.1 Å². The van der Waals surface area contributed by atoms with Gasteiger partial charge in [-0.15, -0.1) is 0 Å². The van der Waals surface area contributed by atoms with Crippen LogP contribution in [0.5, 0.6) is 0 Å². The Labute approximate surface area is 119 Å². The van der Waals surface area contributed by atoms with Crippen LogP contribution in [0.15, 0.2) is 36.5 Å². The molecule has 6 nitrogen and oxygen atoms in total. The average molecular weight is 289 g/mol. The highest BCUT2D eigenvalue weighted by atomic mass is 19.1. The molecule has 0 fully saturated rings. The number of nitrogens with one attached hydrogen (secondary N) is 2. The summed E-state index contributed by atoms with van der Waals surface area (Å²) in [6.45, 7) is 1.73. The first-order chi connectivity index (χ1) is 9.97. The van der Waals surface area contributed by atoms with E-state index in [0.29, 0.717) is 11.4 Å². The Balaban J connectivity index is 2.08. The van der Waals surface area contributed by atoms with Crippen LogP contribution in [0.3, 0.4) is 0 Å². The van der Waals surface area contributed by atoms with Crippen molar-refractivity contribution in [3.8, 4) is 0 Å². The van der Waals surface area contributed by atoms with Crippen LogP contribution in [0.1, 0.15) is 16.1 Å². The number of aryl methyl sites for hydroxylation is 1. The predicted molar refractivity (Wildman–Crippen MR) is 75.0 cm³/mol. The minimum absolute atomic E-state index is 0.150. The van der Waals surface area contributed by atoms with Gasteiger partial charge in [-0.3, -0.25) is 4.98 Å². The number of carbonyl (C=O) groups is 2. The summed E-state index contributed by atoms with van der Waals surface area (Å²) in [5.74, 6) is -2.28. The van der Waals surface area contributed by atoms with E-state index in [2.05, 4.69) is 15.6 Å². The van der Waals surface area contributed by atoms with E-state index in [1.54, 1.807) is 25.3 Å². The molecule has 0 aliphatic carbocycles. The standard InChI is InChI=1S/C14H12FN3O3/c1-8-12(3-2-6-16-8)18-14(21)17-9-4-5-10(13(19)20)11(15)7-9/h2-7H,1H3,(H,19,20)(H2,17,18,21). The molecule has 0 bridgehead atoms. The molecule has 108 valence electrons. The monoisotopic (exact) mass is 289 g/mol. The Hall–Kier alpha value is -2.96. The van der Waals surface area contributed by atoms with E-state index < -0.39 is 23.4 Å². The first-order valence-electron chi connectivity index (χ1n) is 6.00. The summed E-state index contributed by atoms with van der Waals surface area (Å²) in [6, 6.07) is 6.11. The largest absolute Gasteiger partial charge is 0.478 e. The van der Waals surface area contributed by atoms with Gasteiger partial charge in [0, 0.05) is 11.9 Å². The molecule has 1 heterocycles. The molecule has 21 heavy (non-hydrogen) atoms. The number of carbonyl (C=O) groups excluding carboxylic acids is 1. The quantitative estimate of drug-likeness (QED) is 0.810. The van der Waals surface area contributed by atoms with Crippen molar-refractivity contribution in [1.29, 1.82) is 0 Å². The van der Waals surface area contributed by atoms with Crippen LogP contribution >= 0.6 is 0 Å². The number of hydrogen-bond donors (Lipinski definition) is 3. The number of benzene rings is 1. The number of carboxylic acid groups (broad SMARTS) is 1. The number of aromatic carboxylic acids is 1. The lowest BCUT2D eigenvalue weighted by molar-refractivity contribution is 0.0692. The van der Waals surface area contributed by atoms with Gasteiger partial charge in [-0.1, -0.05) is 0 Å². The summed E-state index contributed by atoms with van der Waals surface area (Å²) in [7, 11) is 0. The zero-order chi connectivity index (χ0) is 15.4. The van der Waals surface area contributed by atoms with E-state index >= 15 is 0 Å². The van der Waals surface area contributed by atoms with Crippen LogP contribution in [0.2, 0.25) is 0 Å². The van der Waals surface area contributed by atoms with Crippen molar-refractivity contribution in [2.75, 3.05) is 10.6 Å². The maximum Gasteiger partial charge on any atom is 0.338 e. The molecule has 3 N–H and O–H groups in total. The van der Waals surface area contributed by atoms with Crippen molar-refractivity contribution in [3.05, 3.63) is 53.6 Å². The van der Waals surface area contributed by atoms with Gasteiger partial charge in [-0.25, -0.2) is 14.0 Å². The Morgan fingerprint density at radius 3 is 2.62 bits per heavy atom.